The fourth-order valence-corrected chi connectivity index (χ4v) is 7.57. The number of aliphatic imine (C=N–C) groups is 1. The van der Waals surface area contributed by atoms with E-state index in [0.29, 0.717) is 0 Å². The quantitative estimate of drug-likeness (QED) is 0.417. The molecule has 1 aliphatic carbocycles. The van der Waals surface area contributed by atoms with Crippen molar-refractivity contribution in [1.82, 2.24) is 4.98 Å². The Balaban J connectivity index is 0.000000540. The van der Waals surface area contributed by atoms with Crippen LogP contribution in [-0.2, 0) is 14.9 Å². The smallest absolute Gasteiger partial charge is 0.360 e. The summed E-state index contributed by atoms with van der Waals surface area (Å²) in [5.74, 6) is 0. The number of morpholine rings is 2. The van der Waals surface area contributed by atoms with Crippen LogP contribution in [0.2, 0.25) is 5.02 Å². The number of thioether (sulfide) groups is 1. The molecule has 2 fully saturated rings. The molecule has 0 spiro atoms. The molecule has 3 aliphatic heterocycles. The number of fused-ring (bicyclic) bond motifs is 2. The van der Waals surface area contributed by atoms with Crippen molar-refractivity contribution >= 4 is 56.3 Å². The summed E-state index contributed by atoms with van der Waals surface area (Å²) in [6.07, 6.45) is 0. The van der Waals surface area contributed by atoms with E-state index in [9.17, 15) is 0 Å². The highest BCUT2D eigenvalue weighted by Gasteiger charge is 2.50. The van der Waals surface area contributed by atoms with E-state index in [2.05, 4.69) is 35.5 Å². The van der Waals surface area contributed by atoms with Crippen molar-refractivity contribution in [2.24, 2.45) is 4.99 Å². The lowest BCUT2D eigenvalue weighted by atomic mass is 9.76. The average molecular weight is 602 g/mol. The van der Waals surface area contributed by atoms with Gasteiger partial charge < -0.3 is 14.4 Å². The molecule has 38 heavy (non-hydrogen) atoms. The van der Waals surface area contributed by atoms with Crippen LogP contribution in [0, 0.1) is 10.2 Å². The van der Waals surface area contributed by atoms with Gasteiger partial charge in [0.2, 0.25) is 0 Å². The Morgan fingerprint density at radius 2 is 1.61 bits per heavy atom. The van der Waals surface area contributed by atoms with Crippen molar-refractivity contribution in [3.05, 3.63) is 50.3 Å². The maximum absolute atomic E-state index is 8.49. The first-order valence-electron chi connectivity index (χ1n) is 12.0. The lowest BCUT2D eigenvalue weighted by Crippen LogP contribution is -2.68. The highest BCUT2D eigenvalue weighted by atomic mass is 35.7. The summed E-state index contributed by atoms with van der Waals surface area (Å²) in [5, 5.41) is 2.89. The highest BCUT2D eigenvalue weighted by Crippen LogP contribution is 2.52. The lowest BCUT2D eigenvalue weighted by Gasteiger charge is -2.28. The SMILES string of the molecule is CC1(C)C2=NC(=[N+]3CCOCC3)SC2=C(c2ccc(Cl)cc2)c2sc(N3CCOCC3)nc21.[O-][Cl+3]([O-])([O-])[O-]. The predicted octanol–water partition coefficient (Wildman–Crippen LogP) is -0.486. The van der Waals surface area contributed by atoms with Crippen LogP contribution in [0.3, 0.4) is 0 Å². The van der Waals surface area contributed by atoms with E-state index in [0.717, 1.165) is 84.9 Å². The maximum atomic E-state index is 8.49. The Bertz CT molecular complexity index is 1280. The normalized spacial score (nSPS) is 21.0. The fourth-order valence-electron chi connectivity index (χ4n) is 4.68. The van der Waals surface area contributed by atoms with E-state index in [1.807, 2.05) is 12.1 Å². The predicted molar refractivity (Wildman–Crippen MR) is 136 cm³/mol. The molecule has 2 saturated heterocycles. The van der Waals surface area contributed by atoms with Gasteiger partial charge in [0.05, 0.1) is 47.3 Å². The number of amidine groups is 1. The minimum atomic E-state index is -4.94. The molecule has 1 aromatic carbocycles. The Kier molecular flexibility index (Phi) is 8.19. The standard InChI is InChI=1S/C24H26ClN4O2S2.ClHO4/c1-24(2)20-18(32-22(26-20)28-7-11-30-12-8-28)17(15-3-5-16(25)6-4-15)19-21(24)27-23(33-19)29-9-13-31-14-10-29;2-1(3,4)5/h3-6H,7-14H2,1-2H3;(H,2,3,4,5)/q+1;/p-1. The van der Waals surface area contributed by atoms with Gasteiger partial charge in [-0.2, -0.15) is 0 Å². The Labute approximate surface area is 235 Å². The molecule has 4 heterocycles. The van der Waals surface area contributed by atoms with E-state index >= 15 is 0 Å². The zero-order chi connectivity index (χ0) is 27.1. The van der Waals surface area contributed by atoms with Crippen molar-refractivity contribution in [1.29, 1.82) is 0 Å². The number of halogens is 2. The first kappa shape index (κ1) is 28.0. The van der Waals surface area contributed by atoms with Crippen molar-refractivity contribution in [3.8, 4) is 0 Å². The van der Waals surface area contributed by atoms with Crippen LogP contribution in [0.15, 0.2) is 34.2 Å². The number of benzene rings is 1. The minimum absolute atomic E-state index is 0.275. The molecule has 0 radical (unpaired) electrons. The second kappa shape index (κ2) is 11.1. The van der Waals surface area contributed by atoms with E-state index < -0.39 is 10.2 Å². The molecule has 14 heteroatoms. The second-order valence-electron chi connectivity index (χ2n) is 9.43. The number of hydrogen-bond acceptors (Lipinski definition) is 10. The van der Waals surface area contributed by atoms with E-state index in [1.54, 1.807) is 23.1 Å². The summed E-state index contributed by atoms with van der Waals surface area (Å²) < 4.78 is 47.5. The number of anilines is 1. The van der Waals surface area contributed by atoms with Gasteiger partial charge in [-0.25, -0.2) is 28.2 Å². The average Bonchev–Trinajstić information content (AvgIpc) is 3.52. The summed E-state index contributed by atoms with van der Waals surface area (Å²) in [7, 11) is -4.94. The Morgan fingerprint density at radius 3 is 2.24 bits per heavy atom. The van der Waals surface area contributed by atoms with Crippen LogP contribution in [-0.4, -0.2) is 73.0 Å². The molecule has 6 rings (SSSR count). The van der Waals surface area contributed by atoms with Crippen LogP contribution < -0.4 is 23.5 Å². The highest BCUT2D eigenvalue weighted by molar-refractivity contribution is 8.18. The summed E-state index contributed by atoms with van der Waals surface area (Å²) >= 11 is 9.83. The third-order valence-corrected chi connectivity index (χ3v) is 9.09. The molecule has 0 saturated carbocycles. The Hall–Kier alpha value is -1.58. The maximum Gasteiger partial charge on any atom is 0.360 e. The van der Waals surface area contributed by atoms with Crippen molar-refractivity contribution < 1.29 is 42.9 Å². The number of rotatable bonds is 2. The summed E-state index contributed by atoms with van der Waals surface area (Å²) in [6.45, 7) is 11.0. The van der Waals surface area contributed by atoms with Crippen molar-refractivity contribution in [2.45, 2.75) is 19.3 Å². The number of aromatic nitrogens is 1. The van der Waals surface area contributed by atoms with Crippen molar-refractivity contribution in [3.63, 3.8) is 0 Å². The molecule has 0 N–H and O–H groups in total. The third-order valence-electron chi connectivity index (χ3n) is 6.57. The summed E-state index contributed by atoms with van der Waals surface area (Å²) in [5.41, 5.74) is 4.34. The molecule has 0 amide bonds. The second-order valence-corrected chi connectivity index (χ2v) is 12.6. The van der Waals surface area contributed by atoms with E-state index in [1.165, 1.54) is 15.4 Å². The lowest BCUT2D eigenvalue weighted by molar-refractivity contribution is -2.00. The fraction of sp³-hybridized carbons (Fsp3) is 0.458. The molecule has 204 valence electrons. The monoisotopic (exact) mass is 600 g/mol. The van der Waals surface area contributed by atoms with E-state index in [4.69, 9.17) is 49.7 Å². The minimum Gasteiger partial charge on any atom is -0.378 e. The molecule has 0 bridgehead atoms. The van der Waals surface area contributed by atoms with Gasteiger partial charge >= 0.3 is 5.17 Å². The molecule has 0 unspecified atom stereocenters. The van der Waals surface area contributed by atoms with Crippen LogP contribution in [0.4, 0.5) is 5.13 Å². The number of thiazole rings is 1. The topological polar surface area (TPSA) is 142 Å². The van der Waals surface area contributed by atoms with Gasteiger partial charge in [0.15, 0.2) is 10.8 Å². The third kappa shape index (κ3) is 5.94. The van der Waals surface area contributed by atoms with Gasteiger partial charge in [0.1, 0.15) is 13.1 Å². The van der Waals surface area contributed by atoms with Gasteiger partial charge in [-0.1, -0.05) is 35.1 Å². The van der Waals surface area contributed by atoms with Crippen molar-refractivity contribution in [2.75, 3.05) is 57.5 Å². The van der Waals surface area contributed by atoms with Crippen LogP contribution in [0.1, 0.15) is 30.0 Å². The Morgan fingerprint density at radius 1 is 1.00 bits per heavy atom. The molecule has 4 aliphatic rings. The molecular weight excluding hydrogens is 575 g/mol. The number of ether oxygens (including phenoxy) is 2. The van der Waals surface area contributed by atoms with Crippen LogP contribution >= 0.6 is 34.7 Å². The molecule has 10 nitrogen and oxygen atoms in total. The zero-order valence-corrected chi connectivity index (χ0v) is 23.9. The summed E-state index contributed by atoms with van der Waals surface area (Å²) in [6, 6.07) is 8.17. The van der Waals surface area contributed by atoms with E-state index in [-0.39, 0.29) is 5.41 Å². The number of allylic oxidation sites excluding steroid dienone is 1. The number of hydrogen-bond donors (Lipinski definition) is 0. The largest absolute Gasteiger partial charge is 0.378 e. The van der Waals surface area contributed by atoms with Gasteiger partial charge in [0.25, 0.3) is 0 Å². The first-order valence-corrected chi connectivity index (χ1v) is 15.2. The zero-order valence-electron chi connectivity index (χ0n) is 20.8. The molecule has 1 aromatic heterocycles. The van der Waals surface area contributed by atoms with Crippen LogP contribution in [0.5, 0.6) is 0 Å². The van der Waals surface area contributed by atoms with Gasteiger partial charge in [-0.3, -0.25) is 0 Å². The van der Waals surface area contributed by atoms with Gasteiger partial charge in [-0.05, 0) is 36.5 Å². The van der Waals surface area contributed by atoms with Gasteiger partial charge in [-0.15, -0.1) is 10.2 Å². The molecule has 2 aromatic rings. The van der Waals surface area contributed by atoms with Crippen LogP contribution in [0.25, 0.3) is 5.57 Å². The summed E-state index contributed by atoms with van der Waals surface area (Å²) in [4.78, 5) is 15.3. The first-order chi connectivity index (χ1) is 18.0. The van der Waals surface area contributed by atoms with Gasteiger partial charge in [0, 0.05) is 35.4 Å². The molecule has 0 atom stereocenters. The molecular formula is C24H26Cl2N4O6S2. The number of nitrogens with zero attached hydrogens (tertiary/aromatic N) is 4.